The monoisotopic (exact) mass is 565 g/mol. The number of benzene rings is 2. The summed E-state index contributed by atoms with van der Waals surface area (Å²) in [4.78, 5) is 22.4. The standard InChI is InChI=1S/C29H36BrN5O2/c30-26-12-10-24(11-13-26)28-32-27(37-33-28)21-35-16-6-9-25(20-35)29(36)31-18-22-7-5-8-23(17-22)19-34-14-3-1-2-4-15-34/h5,7-8,10-13,17,25H,1-4,6,9,14-16,18-21H2,(H,31,36). The summed E-state index contributed by atoms with van der Waals surface area (Å²) in [5, 5.41) is 7.33. The second kappa shape index (κ2) is 12.8. The molecule has 0 bridgehead atoms. The summed E-state index contributed by atoms with van der Waals surface area (Å²) in [6.45, 7) is 6.14. The first-order valence-corrected chi connectivity index (χ1v) is 14.3. The molecule has 1 atom stereocenters. The van der Waals surface area contributed by atoms with Gasteiger partial charge in [0.25, 0.3) is 0 Å². The van der Waals surface area contributed by atoms with E-state index in [0.717, 1.165) is 36.0 Å². The Bertz CT molecular complexity index is 1160. The predicted octanol–water partition coefficient (Wildman–Crippen LogP) is 5.40. The summed E-state index contributed by atoms with van der Waals surface area (Å²) in [5.74, 6) is 1.28. The lowest BCUT2D eigenvalue weighted by Gasteiger charge is -2.30. The first-order chi connectivity index (χ1) is 18.1. The Labute approximate surface area is 227 Å². The van der Waals surface area contributed by atoms with Crippen molar-refractivity contribution in [3.8, 4) is 11.4 Å². The van der Waals surface area contributed by atoms with E-state index in [1.165, 1.54) is 49.9 Å². The number of hydrogen-bond donors (Lipinski definition) is 1. The Kier molecular flexibility index (Phi) is 9.02. The summed E-state index contributed by atoms with van der Waals surface area (Å²) in [6, 6.07) is 16.5. The minimum absolute atomic E-state index is 0.0251. The highest BCUT2D eigenvalue weighted by Crippen LogP contribution is 2.22. The number of amides is 1. The van der Waals surface area contributed by atoms with Gasteiger partial charge in [0.1, 0.15) is 0 Å². The van der Waals surface area contributed by atoms with Crippen LogP contribution < -0.4 is 5.32 Å². The number of halogens is 1. The van der Waals surface area contributed by atoms with Gasteiger partial charge in [-0.3, -0.25) is 14.6 Å². The largest absolute Gasteiger partial charge is 0.352 e. The van der Waals surface area contributed by atoms with Crippen molar-refractivity contribution in [2.75, 3.05) is 26.2 Å². The van der Waals surface area contributed by atoms with Crippen molar-refractivity contribution < 1.29 is 9.32 Å². The quantitative estimate of drug-likeness (QED) is 0.394. The zero-order valence-electron chi connectivity index (χ0n) is 21.4. The van der Waals surface area contributed by atoms with E-state index in [4.69, 9.17) is 4.52 Å². The molecule has 3 heterocycles. The van der Waals surface area contributed by atoms with E-state index in [1.54, 1.807) is 0 Å². The van der Waals surface area contributed by atoms with Gasteiger partial charge in [-0.15, -0.1) is 0 Å². The van der Waals surface area contributed by atoms with Crippen LogP contribution in [0.4, 0.5) is 0 Å². The molecule has 2 aliphatic heterocycles. The van der Waals surface area contributed by atoms with E-state index in [2.05, 4.69) is 65.5 Å². The van der Waals surface area contributed by atoms with Crippen molar-refractivity contribution in [2.45, 2.75) is 58.2 Å². The van der Waals surface area contributed by atoms with Crippen molar-refractivity contribution in [3.05, 3.63) is 70.0 Å². The molecule has 37 heavy (non-hydrogen) atoms. The lowest BCUT2D eigenvalue weighted by molar-refractivity contribution is -0.127. The van der Waals surface area contributed by atoms with E-state index in [-0.39, 0.29) is 11.8 Å². The molecular formula is C29H36BrN5O2. The number of rotatable bonds is 8. The van der Waals surface area contributed by atoms with Crippen LogP contribution in [0.2, 0.25) is 0 Å². The normalized spacial score (nSPS) is 19.4. The van der Waals surface area contributed by atoms with Gasteiger partial charge >= 0.3 is 0 Å². The number of aromatic nitrogens is 2. The summed E-state index contributed by atoms with van der Waals surface area (Å²) < 4.78 is 6.52. The molecule has 2 aromatic carbocycles. The third-order valence-electron chi connectivity index (χ3n) is 7.37. The van der Waals surface area contributed by atoms with Crippen LogP contribution in [0.3, 0.4) is 0 Å². The molecule has 3 aromatic rings. The lowest BCUT2D eigenvalue weighted by Crippen LogP contribution is -2.42. The maximum atomic E-state index is 13.0. The van der Waals surface area contributed by atoms with Gasteiger partial charge in [-0.05, 0) is 80.7 Å². The third kappa shape index (κ3) is 7.49. The van der Waals surface area contributed by atoms with E-state index < -0.39 is 0 Å². The third-order valence-corrected chi connectivity index (χ3v) is 7.90. The lowest BCUT2D eigenvalue weighted by atomic mass is 9.97. The van der Waals surface area contributed by atoms with Crippen LogP contribution in [-0.4, -0.2) is 52.0 Å². The van der Waals surface area contributed by atoms with E-state index in [9.17, 15) is 4.79 Å². The summed E-state index contributed by atoms with van der Waals surface area (Å²) in [7, 11) is 0. The molecule has 0 aliphatic carbocycles. The second-order valence-electron chi connectivity index (χ2n) is 10.3. The van der Waals surface area contributed by atoms with Gasteiger partial charge in [-0.25, -0.2) is 0 Å². The average molecular weight is 567 g/mol. The number of piperidine rings is 1. The molecule has 0 radical (unpaired) electrons. The topological polar surface area (TPSA) is 74.5 Å². The Balaban J connectivity index is 1.11. The van der Waals surface area contributed by atoms with Gasteiger partial charge in [-0.2, -0.15) is 4.98 Å². The fourth-order valence-electron chi connectivity index (χ4n) is 5.36. The van der Waals surface area contributed by atoms with Gasteiger partial charge in [-0.1, -0.05) is 58.2 Å². The molecule has 1 amide bonds. The molecule has 5 rings (SSSR count). The van der Waals surface area contributed by atoms with Crippen molar-refractivity contribution >= 4 is 21.8 Å². The zero-order valence-corrected chi connectivity index (χ0v) is 23.0. The molecule has 0 spiro atoms. The van der Waals surface area contributed by atoms with Gasteiger partial charge in [0.2, 0.25) is 17.6 Å². The van der Waals surface area contributed by atoms with Gasteiger partial charge in [0.05, 0.1) is 12.5 Å². The van der Waals surface area contributed by atoms with E-state index in [0.29, 0.717) is 31.3 Å². The van der Waals surface area contributed by atoms with Crippen LogP contribution in [0.5, 0.6) is 0 Å². The molecule has 0 saturated carbocycles. The molecule has 196 valence electrons. The van der Waals surface area contributed by atoms with Crippen LogP contribution >= 0.6 is 15.9 Å². The first-order valence-electron chi connectivity index (χ1n) is 13.5. The average Bonchev–Trinajstić information content (AvgIpc) is 3.22. The zero-order chi connectivity index (χ0) is 25.5. The SMILES string of the molecule is O=C(NCc1cccc(CN2CCCCCC2)c1)C1CCCN(Cc2nc(-c3ccc(Br)cc3)no2)C1. The van der Waals surface area contributed by atoms with Crippen LogP contribution in [0, 0.1) is 5.92 Å². The summed E-state index contributed by atoms with van der Waals surface area (Å²) >= 11 is 3.45. The van der Waals surface area contributed by atoms with Crippen molar-refractivity contribution in [3.63, 3.8) is 0 Å². The summed E-state index contributed by atoms with van der Waals surface area (Å²) in [5.41, 5.74) is 3.42. The smallest absolute Gasteiger partial charge is 0.241 e. The molecule has 7 nitrogen and oxygen atoms in total. The molecule has 1 unspecified atom stereocenters. The summed E-state index contributed by atoms with van der Waals surface area (Å²) in [6.07, 6.45) is 7.19. The fraction of sp³-hybridized carbons (Fsp3) is 0.483. The number of likely N-dealkylation sites (tertiary alicyclic amines) is 2. The van der Waals surface area contributed by atoms with Gasteiger partial charge in [0.15, 0.2) is 0 Å². The van der Waals surface area contributed by atoms with Crippen LogP contribution in [0.1, 0.15) is 55.5 Å². The highest BCUT2D eigenvalue weighted by Gasteiger charge is 2.27. The first kappa shape index (κ1) is 26.1. The minimum atomic E-state index is -0.0251. The Hall–Kier alpha value is -2.55. The number of carbonyl (C=O) groups is 1. The number of hydrogen-bond acceptors (Lipinski definition) is 6. The Morgan fingerprint density at radius 1 is 0.946 bits per heavy atom. The van der Waals surface area contributed by atoms with Crippen LogP contribution in [-0.2, 0) is 24.4 Å². The molecule has 8 heteroatoms. The predicted molar refractivity (Wildman–Crippen MR) is 147 cm³/mol. The van der Waals surface area contributed by atoms with Crippen molar-refractivity contribution in [1.29, 1.82) is 0 Å². The highest BCUT2D eigenvalue weighted by molar-refractivity contribution is 9.10. The molecule has 2 fully saturated rings. The number of nitrogens with zero attached hydrogens (tertiary/aromatic N) is 4. The second-order valence-corrected chi connectivity index (χ2v) is 11.2. The Morgan fingerprint density at radius 2 is 1.70 bits per heavy atom. The number of nitrogens with one attached hydrogen (secondary N) is 1. The molecule has 1 aromatic heterocycles. The molecule has 2 saturated heterocycles. The Morgan fingerprint density at radius 3 is 2.51 bits per heavy atom. The maximum absolute atomic E-state index is 13.0. The van der Waals surface area contributed by atoms with Crippen molar-refractivity contribution in [2.24, 2.45) is 5.92 Å². The van der Waals surface area contributed by atoms with E-state index in [1.807, 2.05) is 24.3 Å². The molecular weight excluding hydrogens is 530 g/mol. The van der Waals surface area contributed by atoms with Gasteiger partial charge < -0.3 is 9.84 Å². The van der Waals surface area contributed by atoms with Crippen molar-refractivity contribution in [1.82, 2.24) is 25.3 Å². The fourth-order valence-corrected chi connectivity index (χ4v) is 5.63. The number of carbonyl (C=O) groups excluding carboxylic acids is 1. The van der Waals surface area contributed by atoms with Crippen LogP contribution in [0.25, 0.3) is 11.4 Å². The van der Waals surface area contributed by atoms with Gasteiger partial charge in [0, 0.05) is 29.7 Å². The maximum Gasteiger partial charge on any atom is 0.241 e. The molecule has 2 aliphatic rings. The van der Waals surface area contributed by atoms with E-state index >= 15 is 0 Å². The van der Waals surface area contributed by atoms with Crippen LogP contribution in [0.15, 0.2) is 57.5 Å². The highest BCUT2D eigenvalue weighted by atomic mass is 79.9. The minimum Gasteiger partial charge on any atom is -0.352 e. The molecule has 1 N–H and O–H groups in total.